The summed E-state index contributed by atoms with van der Waals surface area (Å²) in [4.78, 5) is 5.83. The van der Waals surface area contributed by atoms with Gasteiger partial charge in [0.15, 0.2) is 0 Å². The molecule has 5 nitrogen and oxygen atoms in total. The van der Waals surface area contributed by atoms with Crippen LogP contribution in [0.25, 0.3) is 0 Å². The summed E-state index contributed by atoms with van der Waals surface area (Å²) in [5.41, 5.74) is 0. The lowest BCUT2D eigenvalue weighted by Gasteiger charge is -2.14. The Hall–Kier alpha value is -1.31. The van der Waals surface area contributed by atoms with Gasteiger partial charge in [0.1, 0.15) is 0 Å². The third-order valence-corrected chi connectivity index (χ3v) is 2.11. The molecule has 0 saturated heterocycles. The molecule has 1 heterocycles. The van der Waals surface area contributed by atoms with Crippen molar-refractivity contribution in [1.29, 1.82) is 0 Å². The van der Waals surface area contributed by atoms with Crippen LogP contribution in [0.2, 0.25) is 0 Å². The molecule has 0 aliphatic carbocycles. The molecule has 1 rings (SSSR count). The molecule has 0 saturated carbocycles. The Bertz CT molecular complexity index is 335. The van der Waals surface area contributed by atoms with E-state index in [1.54, 1.807) is 0 Å². The number of nitrogens with zero attached hydrogens (tertiary/aromatic N) is 3. The van der Waals surface area contributed by atoms with Crippen molar-refractivity contribution in [3.63, 3.8) is 0 Å². The van der Waals surface area contributed by atoms with Crippen LogP contribution in [0.1, 0.15) is 19.7 Å². The molecule has 0 spiro atoms. The summed E-state index contributed by atoms with van der Waals surface area (Å²) in [5, 5.41) is 5.88. The van der Waals surface area contributed by atoms with Crippen LogP contribution in [0, 0.1) is 0 Å². The summed E-state index contributed by atoms with van der Waals surface area (Å²) in [5.74, 6) is 0.551. The Morgan fingerprint density at radius 3 is 2.47 bits per heavy atom. The number of rotatable bonds is 6. The molecule has 0 bridgehead atoms. The van der Waals surface area contributed by atoms with E-state index >= 15 is 0 Å². The molecule has 0 aliphatic rings. The number of hydrogen-bond acceptors (Lipinski definition) is 5. The van der Waals surface area contributed by atoms with E-state index in [0.717, 1.165) is 0 Å². The van der Waals surface area contributed by atoms with Gasteiger partial charge in [-0.05, 0) is 19.0 Å². The molecule has 0 atom stereocenters. The third-order valence-electron chi connectivity index (χ3n) is 2.11. The second kappa shape index (κ2) is 5.85. The van der Waals surface area contributed by atoms with Crippen LogP contribution in [0.4, 0.5) is 19.1 Å². The number of halogens is 3. The fourth-order valence-electron chi connectivity index (χ4n) is 1.26. The van der Waals surface area contributed by atoms with E-state index in [-0.39, 0.29) is 12.4 Å². The molecule has 0 amide bonds. The molecule has 0 unspecified atom stereocenters. The molecule has 0 fully saturated rings. The average Bonchev–Trinajstić information content (AvgIpc) is 2.67. The summed E-state index contributed by atoms with van der Waals surface area (Å²) in [6.07, 6.45) is -4.23. The van der Waals surface area contributed by atoms with E-state index < -0.39 is 12.7 Å². The van der Waals surface area contributed by atoms with E-state index in [1.165, 1.54) is 0 Å². The number of nitrogens with one attached hydrogen (secondary N) is 1. The highest BCUT2D eigenvalue weighted by Crippen LogP contribution is 2.13. The number of hydrogen-bond donors (Lipinski definition) is 1. The maximum absolute atomic E-state index is 11.9. The maximum atomic E-state index is 11.9. The average molecular weight is 252 g/mol. The van der Waals surface area contributed by atoms with Crippen LogP contribution in [-0.2, 0) is 6.54 Å². The van der Waals surface area contributed by atoms with Crippen molar-refractivity contribution in [2.24, 2.45) is 0 Å². The monoisotopic (exact) mass is 252 g/mol. The van der Waals surface area contributed by atoms with Gasteiger partial charge in [-0.2, -0.15) is 18.2 Å². The van der Waals surface area contributed by atoms with Crippen LogP contribution in [0.5, 0.6) is 0 Å². The van der Waals surface area contributed by atoms with Crippen LogP contribution in [0.15, 0.2) is 4.52 Å². The van der Waals surface area contributed by atoms with Gasteiger partial charge in [-0.1, -0.05) is 0 Å². The van der Waals surface area contributed by atoms with Crippen LogP contribution in [0.3, 0.4) is 0 Å². The molecule has 0 radical (unpaired) electrons. The first-order chi connectivity index (χ1) is 7.96. The van der Waals surface area contributed by atoms with E-state index in [9.17, 15) is 13.2 Å². The Kier molecular flexibility index (Phi) is 4.73. The Balaban J connectivity index is 2.46. The van der Waals surface area contributed by atoms with Crippen molar-refractivity contribution >= 4 is 5.95 Å². The van der Waals surface area contributed by atoms with Crippen molar-refractivity contribution in [3.05, 3.63) is 5.89 Å². The van der Waals surface area contributed by atoms with Gasteiger partial charge in [-0.25, -0.2) is 0 Å². The first kappa shape index (κ1) is 13.8. The fraction of sp³-hybridized carbons (Fsp3) is 0.778. The third kappa shape index (κ3) is 4.59. The molecule has 1 N–H and O–H groups in total. The molecular weight excluding hydrogens is 237 g/mol. The predicted octanol–water partition coefficient (Wildman–Crippen LogP) is 1.57. The number of alkyl halides is 3. The second-order valence-corrected chi connectivity index (χ2v) is 3.38. The topological polar surface area (TPSA) is 54.2 Å². The van der Waals surface area contributed by atoms with Crippen molar-refractivity contribution in [1.82, 2.24) is 15.5 Å². The first-order valence-corrected chi connectivity index (χ1v) is 5.31. The van der Waals surface area contributed by atoms with Gasteiger partial charge in [-0.15, -0.1) is 0 Å². The zero-order chi connectivity index (χ0) is 12.9. The molecule has 0 aromatic carbocycles. The highest BCUT2D eigenvalue weighted by Gasteiger charge is 2.26. The van der Waals surface area contributed by atoms with Gasteiger partial charge in [0.2, 0.25) is 5.89 Å². The molecular formula is C9H15F3N4O. The molecule has 98 valence electrons. The summed E-state index contributed by atoms with van der Waals surface area (Å²) < 4.78 is 40.4. The quantitative estimate of drug-likeness (QED) is 0.832. The Morgan fingerprint density at radius 1 is 1.29 bits per heavy atom. The molecule has 8 heteroatoms. The van der Waals surface area contributed by atoms with Crippen molar-refractivity contribution in [2.45, 2.75) is 26.6 Å². The highest BCUT2D eigenvalue weighted by molar-refractivity contribution is 5.26. The highest BCUT2D eigenvalue weighted by atomic mass is 19.4. The lowest BCUT2D eigenvalue weighted by molar-refractivity contribution is -0.125. The van der Waals surface area contributed by atoms with Gasteiger partial charge < -0.3 is 14.7 Å². The van der Waals surface area contributed by atoms with Crippen molar-refractivity contribution < 1.29 is 17.7 Å². The van der Waals surface area contributed by atoms with Crippen LogP contribution in [-0.4, -0.2) is 36.0 Å². The van der Waals surface area contributed by atoms with Crippen molar-refractivity contribution in [2.75, 3.05) is 24.5 Å². The molecule has 1 aromatic rings. The minimum Gasteiger partial charge on any atom is -0.339 e. The Morgan fingerprint density at radius 2 is 1.94 bits per heavy atom. The van der Waals surface area contributed by atoms with Gasteiger partial charge >= 0.3 is 6.18 Å². The Labute approximate surface area is 97.0 Å². The lowest BCUT2D eigenvalue weighted by atomic mass is 10.5. The van der Waals surface area contributed by atoms with E-state index in [1.807, 2.05) is 18.7 Å². The van der Waals surface area contributed by atoms with Gasteiger partial charge in [0, 0.05) is 13.1 Å². The molecule has 1 aromatic heterocycles. The van der Waals surface area contributed by atoms with E-state index in [0.29, 0.717) is 19.0 Å². The second-order valence-electron chi connectivity index (χ2n) is 3.38. The van der Waals surface area contributed by atoms with Gasteiger partial charge in [0.05, 0.1) is 13.1 Å². The predicted molar refractivity (Wildman–Crippen MR) is 55.6 cm³/mol. The summed E-state index contributed by atoms with van der Waals surface area (Å²) in [7, 11) is 0. The number of anilines is 1. The SMILES string of the molecule is CCN(CC)c1noc(CNCC(F)(F)F)n1. The normalized spacial score (nSPS) is 11.8. The summed E-state index contributed by atoms with van der Waals surface area (Å²) >= 11 is 0. The van der Waals surface area contributed by atoms with Crippen molar-refractivity contribution in [3.8, 4) is 0 Å². The van der Waals surface area contributed by atoms with E-state index in [4.69, 9.17) is 4.52 Å². The number of aromatic nitrogens is 2. The first-order valence-electron chi connectivity index (χ1n) is 5.31. The smallest absolute Gasteiger partial charge is 0.339 e. The fourth-order valence-corrected chi connectivity index (χ4v) is 1.26. The zero-order valence-electron chi connectivity index (χ0n) is 9.71. The van der Waals surface area contributed by atoms with Gasteiger partial charge in [-0.3, -0.25) is 0 Å². The summed E-state index contributed by atoms with van der Waals surface area (Å²) in [6.45, 7) is 4.13. The van der Waals surface area contributed by atoms with Crippen LogP contribution < -0.4 is 10.2 Å². The minimum absolute atomic E-state index is 0.0895. The zero-order valence-corrected chi connectivity index (χ0v) is 9.71. The molecule has 0 aliphatic heterocycles. The minimum atomic E-state index is -4.23. The van der Waals surface area contributed by atoms with Crippen LogP contribution >= 0.6 is 0 Å². The standard InChI is InChI=1S/C9H15F3N4O/c1-3-16(4-2)8-14-7(17-15-8)5-13-6-9(10,11)12/h13H,3-6H2,1-2H3. The van der Waals surface area contributed by atoms with E-state index in [2.05, 4.69) is 15.5 Å². The largest absolute Gasteiger partial charge is 0.401 e. The lowest BCUT2D eigenvalue weighted by Crippen LogP contribution is -2.28. The summed E-state index contributed by atoms with van der Waals surface area (Å²) in [6, 6.07) is 0. The molecule has 17 heavy (non-hydrogen) atoms. The van der Waals surface area contributed by atoms with Gasteiger partial charge in [0.25, 0.3) is 5.95 Å². The maximum Gasteiger partial charge on any atom is 0.401 e.